The number of carbonyl (C=O) groups is 1. The Balaban J connectivity index is 1.17. The zero-order valence-electron chi connectivity index (χ0n) is 19.0. The first-order valence-electron chi connectivity index (χ1n) is 11.6. The van der Waals surface area contributed by atoms with Gasteiger partial charge in [-0.1, -0.05) is 12.1 Å². The smallest absolute Gasteiger partial charge is 0.254 e. The van der Waals surface area contributed by atoms with E-state index < -0.39 is 0 Å². The van der Waals surface area contributed by atoms with Gasteiger partial charge in [0.2, 0.25) is 0 Å². The molecule has 178 valence electrons. The average molecular weight is 464 g/mol. The first-order valence-corrected chi connectivity index (χ1v) is 11.6. The van der Waals surface area contributed by atoms with Gasteiger partial charge >= 0.3 is 0 Å². The van der Waals surface area contributed by atoms with E-state index >= 15 is 0 Å². The van der Waals surface area contributed by atoms with Crippen LogP contribution in [0.1, 0.15) is 27.7 Å². The fourth-order valence-corrected chi connectivity index (χ4v) is 4.36. The van der Waals surface area contributed by atoms with Gasteiger partial charge in [-0.05, 0) is 30.3 Å². The van der Waals surface area contributed by atoms with Crippen LogP contribution in [0.2, 0.25) is 0 Å². The lowest BCUT2D eigenvalue weighted by Crippen LogP contribution is -2.48. The van der Waals surface area contributed by atoms with Gasteiger partial charge < -0.3 is 23.8 Å². The number of carbonyl (C=O) groups excluding carboxylic acids is 1. The molecule has 9 nitrogen and oxygen atoms in total. The van der Waals surface area contributed by atoms with Gasteiger partial charge in [-0.15, -0.1) is 0 Å². The summed E-state index contributed by atoms with van der Waals surface area (Å²) in [5.41, 5.74) is 2.60. The number of fused-ring (bicyclic) bond motifs is 1. The molecule has 1 aromatic carbocycles. The van der Waals surface area contributed by atoms with Gasteiger partial charge in [0.25, 0.3) is 5.91 Å². The van der Waals surface area contributed by atoms with Crippen molar-refractivity contribution in [3.8, 4) is 0 Å². The molecule has 9 heteroatoms. The average Bonchev–Trinajstić information content (AvgIpc) is 3.61. The second kappa shape index (κ2) is 10.3. The van der Waals surface area contributed by atoms with E-state index in [0.717, 1.165) is 61.9 Å². The lowest BCUT2D eigenvalue weighted by atomic mass is 10.3. The van der Waals surface area contributed by atoms with Crippen molar-refractivity contribution in [1.82, 2.24) is 24.7 Å². The summed E-state index contributed by atoms with van der Waals surface area (Å²) >= 11 is 0. The molecule has 1 aliphatic heterocycles. The van der Waals surface area contributed by atoms with Crippen LogP contribution in [0.5, 0.6) is 0 Å². The summed E-state index contributed by atoms with van der Waals surface area (Å²) in [5.74, 6) is 2.27. The number of hydrogen-bond donors (Lipinski definition) is 2. The number of hydrogen-bond acceptors (Lipinski definition) is 7. The molecule has 1 saturated heterocycles. The van der Waals surface area contributed by atoms with Gasteiger partial charge in [0, 0.05) is 39.3 Å². The second-order valence-electron chi connectivity index (χ2n) is 8.51. The van der Waals surface area contributed by atoms with E-state index in [4.69, 9.17) is 13.8 Å². The SMILES string of the molecule is O=C(NCCN1CCN(Cc2nc3ccccc3n2Cc2ccc(CO)o2)CC1)c1ccoc1. The highest BCUT2D eigenvalue weighted by Gasteiger charge is 2.20. The van der Waals surface area contributed by atoms with E-state index in [0.29, 0.717) is 24.4 Å². The first kappa shape index (κ1) is 22.4. The van der Waals surface area contributed by atoms with Gasteiger partial charge in [-0.2, -0.15) is 0 Å². The van der Waals surface area contributed by atoms with Crippen molar-refractivity contribution in [2.45, 2.75) is 19.7 Å². The molecule has 1 fully saturated rings. The van der Waals surface area contributed by atoms with Crippen molar-refractivity contribution in [1.29, 1.82) is 0 Å². The van der Waals surface area contributed by atoms with E-state index in [2.05, 4.69) is 25.8 Å². The molecular weight excluding hydrogens is 434 g/mol. The van der Waals surface area contributed by atoms with E-state index in [9.17, 15) is 9.90 Å². The van der Waals surface area contributed by atoms with Crippen LogP contribution in [-0.4, -0.2) is 69.6 Å². The number of aliphatic hydroxyl groups is 1. The van der Waals surface area contributed by atoms with E-state index in [1.807, 2.05) is 30.3 Å². The molecule has 3 aromatic heterocycles. The molecule has 0 spiro atoms. The lowest BCUT2D eigenvalue weighted by molar-refractivity contribution is 0.0932. The highest BCUT2D eigenvalue weighted by atomic mass is 16.4. The molecule has 0 radical (unpaired) electrons. The third-order valence-corrected chi connectivity index (χ3v) is 6.25. The van der Waals surface area contributed by atoms with Crippen molar-refractivity contribution in [2.24, 2.45) is 0 Å². The molecule has 0 bridgehead atoms. The maximum Gasteiger partial charge on any atom is 0.254 e. The second-order valence-corrected chi connectivity index (χ2v) is 8.51. The standard InChI is InChI=1S/C25H29N5O4/c31-17-21-6-5-20(34-21)15-30-23-4-2-1-3-22(23)27-24(30)16-29-12-10-28(11-13-29)9-8-26-25(32)19-7-14-33-18-19/h1-7,14,18,31H,8-13,15-17H2,(H,26,32). The maximum atomic E-state index is 12.0. The third-order valence-electron chi connectivity index (χ3n) is 6.25. The Bertz CT molecular complexity index is 1220. The summed E-state index contributed by atoms with van der Waals surface area (Å²) in [6.45, 7) is 6.43. The normalized spacial score (nSPS) is 15.2. The predicted molar refractivity (Wildman–Crippen MR) is 126 cm³/mol. The predicted octanol–water partition coefficient (Wildman–Crippen LogP) is 2.31. The van der Waals surface area contributed by atoms with Crippen LogP contribution in [0.15, 0.2) is 63.8 Å². The van der Waals surface area contributed by atoms with Gasteiger partial charge in [0.1, 0.15) is 30.2 Å². The van der Waals surface area contributed by atoms with Gasteiger partial charge in [0.05, 0.1) is 35.9 Å². The third kappa shape index (κ3) is 5.06. The zero-order valence-corrected chi connectivity index (χ0v) is 19.0. The molecule has 0 saturated carbocycles. The van der Waals surface area contributed by atoms with Crippen molar-refractivity contribution >= 4 is 16.9 Å². The Kier molecular flexibility index (Phi) is 6.75. The van der Waals surface area contributed by atoms with E-state index in [1.54, 1.807) is 6.07 Å². The topological polar surface area (TPSA) is 99.9 Å². The molecule has 4 heterocycles. The number of amides is 1. The molecule has 34 heavy (non-hydrogen) atoms. The number of imidazole rings is 1. The van der Waals surface area contributed by atoms with Crippen LogP contribution >= 0.6 is 0 Å². The molecule has 1 aliphatic rings. The molecule has 4 aromatic rings. The Labute approximate surface area is 197 Å². The van der Waals surface area contributed by atoms with Crippen LogP contribution in [0.4, 0.5) is 0 Å². The van der Waals surface area contributed by atoms with Crippen LogP contribution in [0.25, 0.3) is 11.0 Å². The minimum Gasteiger partial charge on any atom is -0.472 e. The highest BCUT2D eigenvalue weighted by Crippen LogP contribution is 2.21. The largest absolute Gasteiger partial charge is 0.472 e. The first-order chi connectivity index (χ1) is 16.7. The molecule has 0 aliphatic carbocycles. The number of para-hydroxylation sites is 2. The van der Waals surface area contributed by atoms with Crippen molar-refractivity contribution < 1.29 is 18.7 Å². The monoisotopic (exact) mass is 463 g/mol. The van der Waals surface area contributed by atoms with Gasteiger partial charge in [-0.3, -0.25) is 14.6 Å². The summed E-state index contributed by atoms with van der Waals surface area (Å²) in [6.07, 6.45) is 2.96. The van der Waals surface area contributed by atoms with Crippen molar-refractivity contribution in [3.63, 3.8) is 0 Å². The molecule has 1 amide bonds. The number of nitrogens with zero attached hydrogens (tertiary/aromatic N) is 4. The Morgan fingerprint density at radius 2 is 1.79 bits per heavy atom. The van der Waals surface area contributed by atoms with Crippen LogP contribution in [-0.2, 0) is 19.7 Å². The van der Waals surface area contributed by atoms with Crippen molar-refractivity contribution in [3.05, 3.63) is 77.9 Å². The zero-order chi connectivity index (χ0) is 23.3. The van der Waals surface area contributed by atoms with E-state index in [-0.39, 0.29) is 12.5 Å². The fraction of sp³-hybridized carbons (Fsp3) is 0.360. The fourth-order valence-electron chi connectivity index (χ4n) is 4.36. The molecular formula is C25H29N5O4. The summed E-state index contributed by atoms with van der Waals surface area (Å²) in [7, 11) is 0. The molecule has 2 N–H and O–H groups in total. The number of furan rings is 2. The Hall–Kier alpha value is -3.40. The number of piperazine rings is 1. The minimum absolute atomic E-state index is 0.102. The van der Waals surface area contributed by atoms with Crippen LogP contribution in [0.3, 0.4) is 0 Å². The van der Waals surface area contributed by atoms with Crippen molar-refractivity contribution in [2.75, 3.05) is 39.3 Å². The minimum atomic E-state index is -0.103. The number of nitrogens with one attached hydrogen (secondary N) is 1. The summed E-state index contributed by atoms with van der Waals surface area (Å²) in [4.78, 5) is 21.7. The summed E-state index contributed by atoms with van der Waals surface area (Å²) in [5, 5.41) is 12.3. The van der Waals surface area contributed by atoms with Crippen LogP contribution < -0.4 is 5.32 Å². The Morgan fingerprint density at radius 3 is 2.56 bits per heavy atom. The summed E-state index contributed by atoms with van der Waals surface area (Å²) in [6, 6.07) is 13.5. The van der Waals surface area contributed by atoms with Crippen LogP contribution in [0, 0.1) is 0 Å². The van der Waals surface area contributed by atoms with Gasteiger partial charge in [0.15, 0.2) is 0 Å². The number of benzene rings is 1. The number of aliphatic hydroxyl groups excluding tert-OH is 1. The quantitative estimate of drug-likeness (QED) is 0.393. The maximum absolute atomic E-state index is 12.0. The lowest BCUT2D eigenvalue weighted by Gasteiger charge is -2.34. The number of rotatable bonds is 9. The molecule has 0 atom stereocenters. The molecule has 5 rings (SSSR count). The van der Waals surface area contributed by atoms with Gasteiger partial charge in [-0.25, -0.2) is 4.98 Å². The number of aromatic nitrogens is 2. The Morgan fingerprint density at radius 1 is 1.00 bits per heavy atom. The van der Waals surface area contributed by atoms with E-state index in [1.165, 1.54) is 12.5 Å². The highest BCUT2D eigenvalue weighted by molar-refractivity contribution is 5.93. The summed E-state index contributed by atoms with van der Waals surface area (Å²) < 4.78 is 12.9. The molecule has 0 unspecified atom stereocenters.